The number of pyridine rings is 1. The fraction of sp³-hybridized carbons (Fsp3) is 0.227. The lowest BCUT2D eigenvalue weighted by atomic mass is 10.1. The van der Waals surface area contributed by atoms with Gasteiger partial charge in [-0.1, -0.05) is 35.0 Å². The molecule has 30 heavy (non-hydrogen) atoms. The number of amides is 1. The molecule has 0 atom stereocenters. The number of aromatic nitrogens is 4. The number of nitrogens with one attached hydrogen (secondary N) is 1. The maximum Gasteiger partial charge on any atom is 0.227 e. The predicted molar refractivity (Wildman–Crippen MR) is 115 cm³/mol. The highest BCUT2D eigenvalue weighted by atomic mass is 32.1. The van der Waals surface area contributed by atoms with E-state index in [2.05, 4.69) is 56.6 Å². The summed E-state index contributed by atoms with van der Waals surface area (Å²) in [6.07, 6.45) is 4.75. The highest BCUT2D eigenvalue weighted by Crippen LogP contribution is 2.25. The topological polar surface area (TPSA) is 93.8 Å². The fourth-order valence-electron chi connectivity index (χ4n) is 2.91. The summed E-state index contributed by atoms with van der Waals surface area (Å²) in [5.74, 6) is 0.783. The normalized spacial score (nSPS) is 10.9. The molecule has 3 aromatic heterocycles. The van der Waals surface area contributed by atoms with Crippen LogP contribution in [0.4, 0.5) is 5.13 Å². The molecular formula is C22H21N5O2S. The minimum absolute atomic E-state index is 0.130. The Morgan fingerprint density at radius 3 is 2.60 bits per heavy atom. The van der Waals surface area contributed by atoms with Crippen molar-refractivity contribution < 1.29 is 9.32 Å². The molecule has 0 fully saturated rings. The number of anilines is 1. The van der Waals surface area contributed by atoms with Gasteiger partial charge in [0.05, 0.1) is 5.69 Å². The van der Waals surface area contributed by atoms with Crippen molar-refractivity contribution in [1.82, 2.24) is 20.1 Å². The first-order valence-electron chi connectivity index (χ1n) is 9.61. The van der Waals surface area contributed by atoms with Crippen LogP contribution in [0.1, 0.15) is 34.0 Å². The Morgan fingerprint density at radius 2 is 1.83 bits per heavy atom. The van der Waals surface area contributed by atoms with Gasteiger partial charge >= 0.3 is 0 Å². The zero-order chi connectivity index (χ0) is 20.9. The van der Waals surface area contributed by atoms with E-state index in [4.69, 9.17) is 4.52 Å². The summed E-state index contributed by atoms with van der Waals surface area (Å²) in [4.78, 5) is 26.3. The number of carbonyl (C=O) groups is 1. The first-order chi connectivity index (χ1) is 14.6. The lowest BCUT2D eigenvalue weighted by Gasteiger charge is -2.00. The second kappa shape index (κ2) is 8.96. The lowest BCUT2D eigenvalue weighted by Crippen LogP contribution is -2.12. The molecule has 7 nitrogen and oxygen atoms in total. The zero-order valence-corrected chi connectivity index (χ0v) is 17.6. The number of thiazole rings is 1. The van der Waals surface area contributed by atoms with Gasteiger partial charge in [-0.05, 0) is 31.5 Å². The Labute approximate surface area is 178 Å². The molecule has 0 saturated carbocycles. The number of aryl methyl sites for hydroxylation is 3. The Kier molecular flexibility index (Phi) is 5.94. The Balaban J connectivity index is 1.32. The van der Waals surface area contributed by atoms with Crippen LogP contribution in [0.5, 0.6) is 0 Å². The van der Waals surface area contributed by atoms with Crippen LogP contribution in [0, 0.1) is 13.8 Å². The van der Waals surface area contributed by atoms with E-state index in [0.29, 0.717) is 23.3 Å². The molecule has 0 aliphatic rings. The van der Waals surface area contributed by atoms with Gasteiger partial charge in [-0.25, -0.2) is 4.98 Å². The van der Waals surface area contributed by atoms with Crippen LogP contribution in [0.3, 0.4) is 0 Å². The molecule has 3 heterocycles. The molecule has 1 amide bonds. The number of nitrogens with zero attached hydrogens (tertiary/aromatic N) is 4. The smallest absolute Gasteiger partial charge is 0.227 e. The molecule has 0 radical (unpaired) electrons. The largest absolute Gasteiger partial charge is 0.339 e. The molecule has 4 aromatic rings. The third kappa shape index (κ3) is 4.96. The monoisotopic (exact) mass is 419 g/mol. The minimum atomic E-state index is -0.130. The Hall–Kier alpha value is -3.39. The molecule has 4 rings (SSSR count). The van der Waals surface area contributed by atoms with Gasteiger partial charge in [0.1, 0.15) is 0 Å². The fourth-order valence-corrected chi connectivity index (χ4v) is 3.93. The maximum atomic E-state index is 12.3. The number of rotatable bonds is 7. The Morgan fingerprint density at radius 1 is 1.07 bits per heavy atom. The van der Waals surface area contributed by atoms with E-state index in [-0.39, 0.29) is 12.3 Å². The molecule has 0 bridgehead atoms. The quantitative estimate of drug-likeness (QED) is 0.478. The van der Waals surface area contributed by atoms with E-state index in [9.17, 15) is 4.79 Å². The van der Waals surface area contributed by atoms with Crippen molar-refractivity contribution in [3.05, 3.63) is 76.4 Å². The third-order valence-electron chi connectivity index (χ3n) is 4.60. The summed E-state index contributed by atoms with van der Waals surface area (Å²) in [6, 6.07) is 12.1. The summed E-state index contributed by atoms with van der Waals surface area (Å²) in [6.45, 7) is 4.04. The molecule has 1 N–H and O–H groups in total. The van der Waals surface area contributed by atoms with Crippen molar-refractivity contribution in [3.63, 3.8) is 0 Å². The average molecular weight is 420 g/mol. The number of benzene rings is 1. The van der Waals surface area contributed by atoms with Crippen LogP contribution in [-0.2, 0) is 17.6 Å². The molecule has 8 heteroatoms. The van der Waals surface area contributed by atoms with E-state index in [1.54, 1.807) is 24.5 Å². The van der Waals surface area contributed by atoms with E-state index in [1.807, 2.05) is 6.92 Å². The van der Waals surface area contributed by atoms with Gasteiger partial charge in [-0.3, -0.25) is 9.78 Å². The van der Waals surface area contributed by atoms with E-state index >= 15 is 0 Å². The number of carbonyl (C=O) groups excluding carboxylic acids is 1. The standard InChI is InChI=1S/C22H21N5O2S/c1-14-3-5-16(6-4-14)13-18-15(2)24-22(30-18)25-19(28)7-8-20-26-21(27-29-20)17-9-11-23-12-10-17/h3-6,9-12H,7-8,13H2,1-2H3,(H,24,25,28). The van der Waals surface area contributed by atoms with Crippen LogP contribution < -0.4 is 5.32 Å². The van der Waals surface area contributed by atoms with Gasteiger partial charge in [0.15, 0.2) is 5.13 Å². The summed E-state index contributed by atoms with van der Waals surface area (Å²) >= 11 is 1.51. The summed E-state index contributed by atoms with van der Waals surface area (Å²) in [5.41, 5.74) is 4.23. The van der Waals surface area contributed by atoms with Crippen LogP contribution in [0.25, 0.3) is 11.4 Å². The lowest BCUT2D eigenvalue weighted by molar-refractivity contribution is -0.116. The van der Waals surface area contributed by atoms with Crippen molar-refractivity contribution in [3.8, 4) is 11.4 Å². The van der Waals surface area contributed by atoms with Crippen molar-refractivity contribution in [2.45, 2.75) is 33.1 Å². The van der Waals surface area contributed by atoms with Crippen LogP contribution in [0.2, 0.25) is 0 Å². The predicted octanol–water partition coefficient (Wildman–Crippen LogP) is 4.37. The highest BCUT2D eigenvalue weighted by Gasteiger charge is 2.14. The maximum absolute atomic E-state index is 12.3. The molecule has 0 unspecified atom stereocenters. The average Bonchev–Trinajstić information content (AvgIpc) is 3.36. The molecule has 0 spiro atoms. The van der Waals surface area contributed by atoms with Gasteiger partial charge in [0, 0.05) is 42.1 Å². The van der Waals surface area contributed by atoms with Gasteiger partial charge in [0.2, 0.25) is 17.6 Å². The van der Waals surface area contributed by atoms with Gasteiger partial charge in [-0.15, -0.1) is 11.3 Å². The van der Waals surface area contributed by atoms with E-state index < -0.39 is 0 Å². The van der Waals surface area contributed by atoms with Crippen LogP contribution in [-0.4, -0.2) is 26.0 Å². The SMILES string of the molecule is Cc1ccc(Cc2sc(NC(=O)CCc3nc(-c4ccncc4)no3)nc2C)cc1. The number of hydrogen-bond acceptors (Lipinski definition) is 7. The number of hydrogen-bond donors (Lipinski definition) is 1. The summed E-state index contributed by atoms with van der Waals surface area (Å²) < 4.78 is 5.24. The van der Waals surface area contributed by atoms with Crippen molar-refractivity contribution in [2.75, 3.05) is 5.32 Å². The molecule has 0 aliphatic carbocycles. The van der Waals surface area contributed by atoms with Gasteiger partial charge in [-0.2, -0.15) is 4.98 Å². The first-order valence-corrected chi connectivity index (χ1v) is 10.4. The van der Waals surface area contributed by atoms with E-state index in [0.717, 1.165) is 22.6 Å². The van der Waals surface area contributed by atoms with Crippen molar-refractivity contribution in [1.29, 1.82) is 0 Å². The Bertz CT molecular complexity index is 1140. The van der Waals surface area contributed by atoms with Crippen molar-refractivity contribution >= 4 is 22.4 Å². The van der Waals surface area contributed by atoms with Crippen molar-refractivity contribution in [2.24, 2.45) is 0 Å². The second-order valence-corrected chi connectivity index (χ2v) is 8.07. The summed E-state index contributed by atoms with van der Waals surface area (Å²) in [7, 11) is 0. The molecular weight excluding hydrogens is 398 g/mol. The molecule has 0 aliphatic heterocycles. The third-order valence-corrected chi connectivity index (χ3v) is 5.67. The zero-order valence-electron chi connectivity index (χ0n) is 16.8. The molecule has 0 saturated heterocycles. The minimum Gasteiger partial charge on any atom is -0.339 e. The molecule has 1 aromatic carbocycles. The summed E-state index contributed by atoms with van der Waals surface area (Å²) in [5, 5.41) is 7.44. The van der Waals surface area contributed by atoms with Gasteiger partial charge in [0.25, 0.3) is 0 Å². The second-order valence-electron chi connectivity index (χ2n) is 6.99. The van der Waals surface area contributed by atoms with Gasteiger partial charge < -0.3 is 9.84 Å². The molecule has 152 valence electrons. The highest BCUT2D eigenvalue weighted by molar-refractivity contribution is 7.15. The van der Waals surface area contributed by atoms with Crippen LogP contribution in [0.15, 0.2) is 53.3 Å². The van der Waals surface area contributed by atoms with E-state index in [1.165, 1.54) is 22.5 Å². The first kappa shape index (κ1) is 19.9. The van der Waals surface area contributed by atoms with Crippen LogP contribution >= 0.6 is 11.3 Å².